The van der Waals surface area contributed by atoms with E-state index in [4.69, 9.17) is 15.2 Å². The summed E-state index contributed by atoms with van der Waals surface area (Å²) in [5.74, 6) is 0.120. The van der Waals surface area contributed by atoms with Gasteiger partial charge >= 0.3 is 0 Å². The van der Waals surface area contributed by atoms with Crippen molar-refractivity contribution in [2.75, 3.05) is 19.0 Å². The minimum absolute atomic E-state index is 0.191. The molecular weight excluding hydrogens is 446 g/mol. The number of carbonyl (C=O) groups excluding carboxylic acids is 2. The highest BCUT2D eigenvalue weighted by Crippen LogP contribution is 2.38. The number of hydrogen-bond acceptors (Lipinski definition) is 6. The van der Waals surface area contributed by atoms with Crippen LogP contribution in [0, 0.1) is 0 Å². The summed E-state index contributed by atoms with van der Waals surface area (Å²) in [6.07, 6.45) is 1.66. The van der Waals surface area contributed by atoms with Gasteiger partial charge < -0.3 is 20.5 Å². The number of carbonyl (C=O) groups is 2. The van der Waals surface area contributed by atoms with Crippen LogP contribution in [0.4, 0.5) is 5.69 Å². The molecule has 2 aromatic rings. The second kappa shape index (κ2) is 8.94. The third-order valence-electron chi connectivity index (χ3n) is 3.59. The fourth-order valence-corrected chi connectivity index (χ4v) is 3.65. The number of methoxy groups -OCH3 is 1. The molecule has 0 saturated heterocycles. The van der Waals surface area contributed by atoms with Crippen LogP contribution in [0.1, 0.15) is 5.56 Å². The largest absolute Gasteiger partial charge is 0.493 e. The van der Waals surface area contributed by atoms with E-state index >= 15 is 0 Å². The van der Waals surface area contributed by atoms with Gasteiger partial charge in [-0.2, -0.15) is 4.99 Å². The maximum Gasteiger partial charge on any atom is 0.286 e. The van der Waals surface area contributed by atoms with Crippen molar-refractivity contribution in [2.24, 2.45) is 10.7 Å². The molecule has 2 amide bonds. The van der Waals surface area contributed by atoms with Crippen molar-refractivity contribution in [3.8, 4) is 11.5 Å². The fraction of sp³-hybridized carbons (Fsp3) is 0.105. The highest BCUT2D eigenvalue weighted by Gasteiger charge is 2.20. The zero-order chi connectivity index (χ0) is 20.1. The monoisotopic (exact) mass is 461 g/mol. The number of amides is 2. The van der Waals surface area contributed by atoms with E-state index in [9.17, 15) is 9.59 Å². The average molecular weight is 462 g/mol. The molecule has 0 fully saturated rings. The number of benzene rings is 2. The maximum absolute atomic E-state index is 12.1. The summed E-state index contributed by atoms with van der Waals surface area (Å²) in [6, 6.07) is 12.5. The van der Waals surface area contributed by atoms with E-state index in [0.29, 0.717) is 32.1 Å². The van der Waals surface area contributed by atoms with Crippen molar-refractivity contribution in [3.63, 3.8) is 0 Å². The molecular formula is C19H16BrN3O4S. The summed E-state index contributed by atoms with van der Waals surface area (Å²) in [5.41, 5.74) is 6.95. The van der Waals surface area contributed by atoms with Gasteiger partial charge in [-0.15, -0.1) is 0 Å². The van der Waals surface area contributed by atoms with Gasteiger partial charge in [0.05, 0.1) is 16.5 Å². The molecule has 1 heterocycles. The first-order valence-corrected chi connectivity index (χ1v) is 9.70. The summed E-state index contributed by atoms with van der Waals surface area (Å²) >= 11 is 4.53. The third kappa shape index (κ3) is 4.93. The molecule has 1 aliphatic rings. The Morgan fingerprint density at radius 2 is 2.07 bits per heavy atom. The number of nitrogens with zero attached hydrogens (tertiary/aromatic N) is 1. The van der Waals surface area contributed by atoms with Crippen molar-refractivity contribution >= 4 is 56.4 Å². The summed E-state index contributed by atoms with van der Waals surface area (Å²) in [5, 5.41) is 2.96. The Morgan fingerprint density at radius 3 is 2.71 bits per heavy atom. The second-order valence-electron chi connectivity index (χ2n) is 5.60. The molecule has 0 atom stereocenters. The lowest BCUT2D eigenvalue weighted by Gasteiger charge is -2.13. The predicted octanol–water partition coefficient (Wildman–Crippen LogP) is 3.40. The lowest BCUT2D eigenvalue weighted by Crippen LogP contribution is -2.20. The van der Waals surface area contributed by atoms with Gasteiger partial charge in [-0.3, -0.25) is 9.59 Å². The molecule has 28 heavy (non-hydrogen) atoms. The van der Waals surface area contributed by atoms with Crippen molar-refractivity contribution in [2.45, 2.75) is 0 Å². The van der Waals surface area contributed by atoms with Gasteiger partial charge in [0.25, 0.3) is 11.8 Å². The molecule has 0 radical (unpaired) electrons. The Morgan fingerprint density at radius 1 is 1.32 bits per heavy atom. The van der Waals surface area contributed by atoms with Crippen LogP contribution in [0.5, 0.6) is 11.5 Å². The molecule has 7 nitrogen and oxygen atoms in total. The highest BCUT2D eigenvalue weighted by atomic mass is 79.9. The Bertz CT molecular complexity index is 977. The molecule has 0 bridgehead atoms. The first-order chi connectivity index (χ1) is 13.5. The minimum Gasteiger partial charge on any atom is -0.493 e. The summed E-state index contributed by atoms with van der Waals surface area (Å²) in [6.45, 7) is -0.191. The van der Waals surface area contributed by atoms with Crippen molar-refractivity contribution in [1.82, 2.24) is 0 Å². The first kappa shape index (κ1) is 20.0. The molecule has 1 aliphatic heterocycles. The molecule has 9 heteroatoms. The van der Waals surface area contributed by atoms with E-state index in [-0.39, 0.29) is 23.6 Å². The fourth-order valence-electron chi connectivity index (χ4n) is 2.40. The topological polar surface area (TPSA) is 103 Å². The van der Waals surface area contributed by atoms with Gasteiger partial charge in [-0.25, -0.2) is 0 Å². The molecule has 0 aromatic heterocycles. The lowest BCUT2D eigenvalue weighted by molar-refractivity contribution is -0.118. The van der Waals surface area contributed by atoms with E-state index in [1.165, 1.54) is 7.11 Å². The Kier molecular flexibility index (Phi) is 6.37. The number of aliphatic imine (C=N–C) groups is 1. The van der Waals surface area contributed by atoms with Crippen LogP contribution in [-0.2, 0) is 9.59 Å². The van der Waals surface area contributed by atoms with Gasteiger partial charge in [0.2, 0.25) is 0 Å². The van der Waals surface area contributed by atoms with Crippen LogP contribution in [-0.4, -0.2) is 30.7 Å². The number of amidine groups is 1. The smallest absolute Gasteiger partial charge is 0.286 e. The van der Waals surface area contributed by atoms with Crippen LogP contribution in [0.3, 0.4) is 0 Å². The summed E-state index contributed by atoms with van der Waals surface area (Å²) in [7, 11) is 1.49. The quantitative estimate of drug-likeness (QED) is 0.638. The number of hydrogen-bond donors (Lipinski definition) is 2. The van der Waals surface area contributed by atoms with E-state index in [1.807, 2.05) is 18.2 Å². The van der Waals surface area contributed by atoms with Crippen LogP contribution >= 0.6 is 27.7 Å². The van der Waals surface area contributed by atoms with E-state index < -0.39 is 0 Å². The standard InChI is InChI=1S/C19H16BrN3O4S/c1-26-14-8-11(9-15-18(25)23-19(21)28-15)7-13(20)17(14)27-10-16(24)22-12-5-3-2-4-6-12/h2-9H,10H2,1H3,(H,22,24)(H2,21,23,25). The average Bonchev–Trinajstić information content (AvgIpc) is 2.98. The summed E-state index contributed by atoms with van der Waals surface area (Å²) in [4.78, 5) is 27.9. The van der Waals surface area contributed by atoms with Crippen LogP contribution in [0.15, 0.2) is 56.8 Å². The zero-order valence-electron chi connectivity index (χ0n) is 14.8. The number of nitrogens with one attached hydrogen (secondary N) is 1. The number of thioether (sulfide) groups is 1. The number of rotatable bonds is 6. The van der Waals surface area contributed by atoms with Gasteiger partial charge in [0, 0.05) is 5.69 Å². The molecule has 3 rings (SSSR count). The van der Waals surface area contributed by atoms with Gasteiger partial charge in [0.15, 0.2) is 23.3 Å². The van der Waals surface area contributed by atoms with Crippen molar-refractivity contribution in [3.05, 3.63) is 57.4 Å². The number of halogens is 1. The van der Waals surface area contributed by atoms with Crippen molar-refractivity contribution in [1.29, 1.82) is 0 Å². The number of para-hydroxylation sites is 1. The zero-order valence-corrected chi connectivity index (χ0v) is 17.2. The Hall–Kier alpha value is -2.78. The maximum atomic E-state index is 12.1. The van der Waals surface area contributed by atoms with Crippen LogP contribution in [0.25, 0.3) is 6.08 Å². The number of ether oxygens (including phenoxy) is 2. The predicted molar refractivity (Wildman–Crippen MR) is 113 cm³/mol. The van der Waals surface area contributed by atoms with E-state index in [2.05, 4.69) is 26.2 Å². The molecule has 144 valence electrons. The molecule has 0 saturated carbocycles. The van der Waals surface area contributed by atoms with Crippen LogP contribution < -0.4 is 20.5 Å². The van der Waals surface area contributed by atoms with Gasteiger partial charge in [-0.1, -0.05) is 18.2 Å². The second-order valence-corrected chi connectivity index (χ2v) is 7.52. The van der Waals surface area contributed by atoms with Gasteiger partial charge in [0.1, 0.15) is 0 Å². The first-order valence-electron chi connectivity index (χ1n) is 8.09. The van der Waals surface area contributed by atoms with Gasteiger partial charge in [-0.05, 0) is 63.6 Å². The molecule has 0 unspecified atom stereocenters. The third-order valence-corrected chi connectivity index (χ3v) is 4.99. The summed E-state index contributed by atoms with van der Waals surface area (Å²) < 4.78 is 11.6. The Balaban J connectivity index is 1.72. The lowest BCUT2D eigenvalue weighted by atomic mass is 10.2. The molecule has 3 N–H and O–H groups in total. The number of anilines is 1. The van der Waals surface area contributed by atoms with E-state index in [0.717, 1.165) is 11.8 Å². The molecule has 2 aromatic carbocycles. The SMILES string of the molecule is COc1cc(C=C2SC(N)=NC2=O)cc(Br)c1OCC(=O)Nc1ccccc1. The van der Waals surface area contributed by atoms with Crippen molar-refractivity contribution < 1.29 is 19.1 Å². The Labute approximate surface area is 174 Å². The number of nitrogens with two attached hydrogens (primary N) is 1. The minimum atomic E-state index is -0.379. The normalized spacial score (nSPS) is 14.7. The van der Waals surface area contributed by atoms with Crippen LogP contribution in [0.2, 0.25) is 0 Å². The van der Waals surface area contributed by atoms with E-state index in [1.54, 1.807) is 30.3 Å². The molecule has 0 spiro atoms. The highest BCUT2D eigenvalue weighted by molar-refractivity contribution is 9.10. The molecule has 0 aliphatic carbocycles.